The number of rotatable bonds is 6. The third-order valence-corrected chi connectivity index (χ3v) is 3.14. The van der Waals surface area contributed by atoms with Crippen molar-refractivity contribution in [3.05, 3.63) is 18.6 Å². The molecule has 0 spiro atoms. The van der Waals surface area contributed by atoms with Gasteiger partial charge in [-0.2, -0.15) is 0 Å². The van der Waals surface area contributed by atoms with E-state index in [0.717, 1.165) is 42.7 Å². The largest absolute Gasteiger partial charge is 0.396 e. The van der Waals surface area contributed by atoms with Gasteiger partial charge in [-0.25, -0.2) is 9.97 Å². The zero-order chi connectivity index (χ0) is 13.0. The third-order valence-electron chi connectivity index (χ3n) is 3.14. The molecule has 0 fully saturated rings. The van der Waals surface area contributed by atoms with Gasteiger partial charge in [0.1, 0.15) is 5.52 Å². The van der Waals surface area contributed by atoms with Crippen molar-refractivity contribution in [2.75, 3.05) is 25.1 Å². The second-order valence-corrected chi connectivity index (χ2v) is 4.56. The maximum absolute atomic E-state index is 8.75. The molecule has 2 aromatic heterocycles. The predicted octanol–water partition coefficient (Wildman–Crippen LogP) is 1.57. The van der Waals surface area contributed by atoms with E-state index in [1.807, 2.05) is 37.3 Å². The molecule has 1 N–H and O–H groups in total. The van der Waals surface area contributed by atoms with Crippen molar-refractivity contribution in [1.82, 2.24) is 14.5 Å². The van der Waals surface area contributed by atoms with Gasteiger partial charge in [0.2, 0.25) is 0 Å². The summed E-state index contributed by atoms with van der Waals surface area (Å²) in [5.41, 5.74) is 2.05. The summed E-state index contributed by atoms with van der Waals surface area (Å²) < 4.78 is 2.00. The first kappa shape index (κ1) is 12.8. The fourth-order valence-corrected chi connectivity index (χ4v) is 2.07. The zero-order valence-corrected chi connectivity index (χ0v) is 11.0. The van der Waals surface area contributed by atoms with E-state index in [9.17, 15) is 0 Å². The van der Waals surface area contributed by atoms with Crippen molar-refractivity contribution in [1.29, 1.82) is 0 Å². The lowest BCUT2D eigenvalue weighted by Gasteiger charge is -2.18. The average molecular weight is 248 g/mol. The van der Waals surface area contributed by atoms with Gasteiger partial charge in [-0.1, -0.05) is 0 Å². The Bertz CT molecular complexity index is 509. The van der Waals surface area contributed by atoms with E-state index < -0.39 is 0 Å². The highest BCUT2D eigenvalue weighted by Crippen LogP contribution is 2.21. The van der Waals surface area contributed by atoms with E-state index in [4.69, 9.17) is 5.11 Å². The first-order valence-corrected chi connectivity index (χ1v) is 6.32. The predicted molar refractivity (Wildman–Crippen MR) is 72.7 cm³/mol. The topological polar surface area (TPSA) is 54.2 Å². The molecule has 98 valence electrons. The number of aliphatic hydroxyl groups excluding tert-OH is 1. The second kappa shape index (κ2) is 5.82. The van der Waals surface area contributed by atoms with E-state index in [1.165, 1.54) is 0 Å². The van der Waals surface area contributed by atoms with Crippen molar-refractivity contribution in [3.8, 4) is 0 Å². The smallest absolute Gasteiger partial charge is 0.156 e. The molecule has 0 aliphatic heterocycles. The lowest BCUT2D eigenvalue weighted by molar-refractivity contribution is 0.283. The summed E-state index contributed by atoms with van der Waals surface area (Å²) in [4.78, 5) is 11.0. The van der Waals surface area contributed by atoms with Crippen LogP contribution in [0.2, 0.25) is 0 Å². The number of aliphatic hydroxyl groups is 1. The van der Waals surface area contributed by atoms with Crippen LogP contribution in [0.15, 0.2) is 18.6 Å². The fourth-order valence-electron chi connectivity index (χ4n) is 2.07. The quantitative estimate of drug-likeness (QED) is 0.788. The normalized spacial score (nSPS) is 11.1. The number of fused-ring (bicyclic) bond motifs is 1. The molecule has 0 aromatic carbocycles. The summed E-state index contributed by atoms with van der Waals surface area (Å²) in [5.74, 6) is 0.928. The van der Waals surface area contributed by atoms with Gasteiger partial charge < -0.3 is 14.6 Å². The highest BCUT2D eigenvalue weighted by molar-refractivity contribution is 5.86. The number of hydrogen-bond donors (Lipinski definition) is 1. The molecule has 2 aromatic rings. The van der Waals surface area contributed by atoms with Crippen LogP contribution in [0.1, 0.15) is 19.3 Å². The monoisotopic (exact) mass is 248 g/mol. The van der Waals surface area contributed by atoms with Gasteiger partial charge in [-0.05, 0) is 25.3 Å². The van der Waals surface area contributed by atoms with Gasteiger partial charge in [0.05, 0.1) is 11.8 Å². The lowest BCUT2D eigenvalue weighted by atomic mass is 10.2. The summed E-state index contributed by atoms with van der Waals surface area (Å²) in [6.45, 7) is 1.21. The van der Waals surface area contributed by atoms with Crippen LogP contribution in [0.5, 0.6) is 0 Å². The van der Waals surface area contributed by atoms with Crippen LogP contribution in [-0.2, 0) is 7.05 Å². The molecule has 0 unspecified atom stereocenters. The van der Waals surface area contributed by atoms with Crippen LogP contribution in [0.3, 0.4) is 0 Å². The molecule has 0 aliphatic rings. The number of aryl methyl sites for hydroxylation is 1. The number of aromatic nitrogens is 3. The zero-order valence-electron chi connectivity index (χ0n) is 11.0. The van der Waals surface area contributed by atoms with Crippen LogP contribution < -0.4 is 4.90 Å². The van der Waals surface area contributed by atoms with E-state index >= 15 is 0 Å². The Morgan fingerprint density at radius 1 is 1.28 bits per heavy atom. The van der Waals surface area contributed by atoms with Crippen LogP contribution in [0.25, 0.3) is 11.0 Å². The summed E-state index contributed by atoms with van der Waals surface area (Å²) in [7, 11) is 4.02. The maximum Gasteiger partial charge on any atom is 0.156 e. The number of pyridine rings is 1. The maximum atomic E-state index is 8.75. The Kier molecular flexibility index (Phi) is 4.15. The van der Waals surface area contributed by atoms with Crippen LogP contribution in [0, 0.1) is 0 Å². The first-order valence-electron chi connectivity index (χ1n) is 6.32. The molecule has 0 bridgehead atoms. The Balaban J connectivity index is 2.10. The second-order valence-electron chi connectivity index (χ2n) is 4.56. The minimum absolute atomic E-state index is 0.276. The molecule has 5 nitrogen and oxygen atoms in total. The minimum Gasteiger partial charge on any atom is -0.396 e. The molecule has 0 radical (unpaired) electrons. The standard InChI is InChI=1S/C13H20N4O/c1-16(8-4-3-5-9-18)13-12-11(6-7-14-13)17(2)10-15-12/h6-7,10,18H,3-5,8-9H2,1-2H3. The SMILES string of the molecule is CN(CCCCCO)c1nccc2c1ncn2C. The first-order chi connectivity index (χ1) is 8.74. The van der Waals surface area contributed by atoms with Gasteiger partial charge in [0, 0.05) is 33.4 Å². The molecule has 5 heteroatoms. The van der Waals surface area contributed by atoms with E-state index in [0.29, 0.717) is 0 Å². The van der Waals surface area contributed by atoms with E-state index in [2.05, 4.69) is 14.9 Å². The molecule has 2 heterocycles. The van der Waals surface area contributed by atoms with E-state index in [1.54, 1.807) is 0 Å². The van der Waals surface area contributed by atoms with Crippen molar-refractivity contribution in [3.63, 3.8) is 0 Å². The van der Waals surface area contributed by atoms with Gasteiger partial charge in [-0.15, -0.1) is 0 Å². The van der Waals surface area contributed by atoms with Gasteiger partial charge in [0.25, 0.3) is 0 Å². The Morgan fingerprint density at radius 2 is 2.11 bits per heavy atom. The Hall–Kier alpha value is -1.62. The Morgan fingerprint density at radius 3 is 2.89 bits per heavy atom. The summed E-state index contributed by atoms with van der Waals surface area (Å²) >= 11 is 0. The summed E-state index contributed by atoms with van der Waals surface area (Å²) in [6, 6.07) is 1.98. The van der Waals surface area contributed by atoms with Crippen molar-refractivity contribution >= 4 is 16.9 Å². The van der Waals surface area contributed by atoms with Gasteiger partial charge in [-0.3, -0.25) is 0 Å². The van der Waals surface area contributed by atoms with Crippen LogP contribution >= 0.6 is 0 Å². The molecule has 0 saturated heterocycles. The fraction of sp³-hybridized carbons (Fsp3) is 0.538. The third kappa shape index (κ3) is 2.61. The lowest BCUT2D eigenvalue weighted by Crippen LogP contribution is -2.20. The number of hydrogen-bond acceptors (Lipinski definition) is 4. The molecule has 0 saturated carbocycles. The van der Waals surface area contributed by atoms with Crippen molar-refractivity contribution in [2.45, 2.75) is 19.3 Å². The highest BCUT2D eigenvalue weighted by Gasteiger charge is 2.10. The van der Waals surface area contributed by atoms with E-state index in [-0.39, 0.29) is 6.61 Å². The van der Waals surface area contributed by atoms with Crippen molar-refractivity contribution < 1.29 is 5.11 Å². The molecular weight excluding hydrogens is 228 g/mol. The Labute approximate surface area is 107 Å². The molecule has 0 atom stereocenters. The van der Waals surface area contributed by atoms with Crippen LogP contribution in [0.4, 0.5) is 5.82 Å². The number of anilines is 1. The number of unbranched alkanes of at least 4 members (excludes halogenated alkanes) is 2. The number of imidazole rings is 1. The summed E-state index contributed by atoms with van der Waals surface area (Å²) in [6.07, 6.45) is 6.61. The van der Waals surface area contributed by atoms with Crippen molar-refractivity contribution in [2.24, 2.45) is 7.05 Å². The minimum atomic E-state index is 0.276. The van der Waals surface area contributed by atoms with Gasteiger partial charge >= 0.3 is 0 Å². The molecular formula is C13H20N4O. The summed E-state index contributed by atoms with van der Waals surface area (Å²) in [5, 5.41) is 8.75. The molecule has 2 rings (SSSR count). The molecule has 0 aliphatic carbocycles. The molecule has 0 amide bonds. The number of nitrogens with zero attached hydrogens (tertiary/aromatic N) is 4. The average Bonchev–Trinajstić information content (AvgIpc) is 2.76. The van der Waals surface area contributed by atoms with Gasteiger partial charge in [0.15, 0.2) is 5.82 Å². The van der Waals surface area contributed by atoms with Crippen LogP contribution in [-0.4, -0.2) is 39.8 Å². The molecule has 18 heavy (non-hydrogen) atoms. The highest BCUT2D eigenvalue weighted by atomic mass is 16.2.